The number of nitrogens with zero attached hydrogens (tertiary/aromatic N) is 2. The Labute approximate surface area is 176 Å². The molecule has 2 aliphatic rings. The van der Waals surface area contributed by atoms with E-state index in [4.69, 9.17) is 9.73 Å². The second-order valence-corrected chi connectivity index (χ2v) is 7.70. The van der Waals surface area contributed by atoms with Gasteiger partial charge in [-0.3, -0.25) is 15.1 Å². The van der Waals surface area contributed by atoms with Crippen LogP contribution >= 0.6 is 0 Å². The third kappa shape index (κ3) is 4.22. The van der Waals surface area contributed by atoms with Crippen LogP contribution in [0, 0.1) is 5.92 Å². The van der Waals surface area contributed by atoms with Gasteiger partial charge in [0.2, 0.25) is 6.17 Å². The molecule has 0 bridgehead atoms. The second kappa shape index (κ2) is 9.11. The van der Waals surface area contributed by atoms with Crippen molar-refractivity contribution in [1.82, 2.24) is 5.32 Å². The van der Waals surface area contributed by atoms with Crippen LogP contribution in [0.1, 0.15) is 43.7 Å². The Hall–Kier alpha value is -3.15. The zero-order chi connectivity index (χ0) is 20.9. The molecule has 30 heavy (non-hydrogen) atoms. The molecule has 6 nitrogen and oxygen atoms in total. The van der Waals surface area contributed by atoms with Gasteiger partial charge < -0.3 is 9.64 Å². The molecule has 4 rings (SSSR count). The average molecular weight is 405 g/mol. The minimum absolute atomic E-state index is 0.143. The zero-order valence-electron chi connectivity index (χ0n) is 17.2. The summed E-state index contributed by atoms with van der Waals surface area (Å²) in [5.74, 6) is 0.0648. The number of hydrogen-bond donors (Lipinski definition) is 1. The molecule has 2 aromatic carbocycles. The first-order chi connectivity index (χ1) is 14.7. The van der Waals surface area contributed by atoms with Crippen molar-refractivity contribution in [3.8, 4) is 0 Å². The van der Waals surface area contributed by atoms with Crippen LogP contribution in [-0.2, 0) is 16.1 Å². The predicted molar refractivity (Wildman–Crippen MR) is 117 cm³/mol. The smallest absolute Gasteiger partial charge is 0.409 e. The van der Waals surface area contributed by atoms with Gasteiger partial charge in [0.05, 0.1) is 11.4 Å². The molecule has 1 heterocycles. The van der Waals surface area contributed by atoms with Crippen LogP contribution < -0.4 is 10.2 Å². The number of para-hydroxylation sites is 1. The van der Waals surface area contributed by atoms with E-state index in [1.807, 2.05) is 61.5 Å². The van der Waals surface area contributed by atoms with Crippen molar-refractivity contribution in [2.24, 2.45) is 10.9 Å². The number of ether oxygens (including phenoxy) is 1. The summed E-state index contributed by atoms with van der Waals surface area (Å²) >= 11 is 0. The largest absolute Gasteiger partial charge is 0.445 e. The van der Waals surface area contributed by atoms with E-state index in [2.05, 4.69) is 5.32 Å². The number of carbonyl (C=O) groups is 2. The summed E-state index contributed by atoms with van der Waals surface area (Å²) in [6.45, 7) is 2.57. The molecule has 1 aliphatic heterocycles. The van der Waals surface area contributed by atoms with Gasteiger partial charge in [-0.1, -0.05) is 61.4 Å². The number of amides is 2. The van der Waals surface area contributed by atoms with Crippen LogP contribution in [0.2, 0.25) is 0 Å². The summed E-state index contributed by atoms with van der Waals surface area (Å²) in [6, 6.07) is 17.3. The van der Waals surface area contributed by atoms with Gasteiger partial charge in [-0.05, 0) is 31.4 Å². The number of aliphatic imine (C=N–C) groups is 1. The monoisotopic (exact) mass is 405 g/mol. The van der Waals surface area contributed by atoms with Crippen molar-refractivity contribution in [1.29, 1.82) is 0 Å². The van der Waals surface area contributed by atoms with Crippen LogP contribution in [0.5, 0.6) is 0 Å². The lowest BCUT2D eigenvalue weighted by Crippen LogP contribution is -2.47. The first kappa shape index (κ1) is 20.1. The number of benzene rings is 2. The first-order valence-corrected chi connectivity index (χ1v) is 10.6. The van der Waals surface area contributed by atoms with Gasteiger partial charge in [-0.15, -0.1) is 0 Å². The molecule has 1 saturated carbocycles. The fourth-order valence-corrected chi connectivity index (χ4v) is 4.28. The fourth-order valence-electron chi connectivity index (χ4n) is 4.28. The lowest BCUT2D eigenvalue weighted by atomic mass is 9.94. The Balaban J connectivity index is 1.59. The number of fused-ring (bicyclic) bond motifs is 1. The summed E-state index contributed by atoms with van der Waals surface area (Å²) in [5, 5.41) is 2.69. The lowest BCUT2D eigenvalue weighted by molar-refractivity contribution is -0.120. The topological polar surface area (TPSA) is 71.0 Å². The molecule has 0 saturated heterocycles. The molecule has 6 heteroatoms. The maximum atomic E-state index is 13.3. The Morgan fingerprint density at radius 1 is 1.10 bits per heavy atom. The summed E-state index contributed by atoms with van der Waals surface area (Å²) in [5.41, 5.74) is 3.65. The fraction of sp³-hybridized carbons (Fsp3) is 0.375. The van der Waals surface area contributed by atoms with Crippen LogP contribution in [0.15, 0.2) is 59.6 Å². The highest BCUT2D eigenvalue weighted by molar-refractivity contribution is 6.14. The Morgan fingerprint density at radius 2 is 1.80 bits per heavy atom. The number of nitrogens with one attached hydrogen (secondary N) is 1. The molecular formula is C24H27N3O3. The third-order valence-electron chi connectivity index (χ3n) is 5.76. The van der Waals surface area contributed by atoms with Gasteiger partial charge in [-0.2, -0.15) is 0 Å². The molecule has 0 radical (unpaired) electrons. The zero-order valence-corrected chi connectivity index (χ0v) is 17.2. The Bertz CT molecular complexity index is 936. The van der Waals surface area contributed by atoms with E-state index < -0.39 is 12.3 Å². The number of carbonyl (C=O) groups excluding carboxylic acids is 2. The molecule has 2 aromatic rings. The van der Waals surface area contributed by atoms with Gasteiger partial charge >= 0.3 is 6.09 Å². The van der Waals surface area contributed by atoms with Crippen molar-refractivity contribution in [3.63, 3.8) is 0 Å². The molecule has 156 valence electrons. The number of rotatable bonds is 5. The lowest BCUT2D eigenvalue weighted by Gasteiger charge is -2.24. The molecule has 1 N–H and O–H groups in total. The SMILES string of the molecule is CCN1C(=O)C(NC(=O)OCc2ccccc2)N=C(C2CCCC2)c2ccccc21. The van der Waals surface area contributed by atoms with E-state index >= 15 is 0 Å². The maximum absolute atomic E-state index is 13.3. The quantitative estimate of drug-likeness (QED) is 0.807. The summed E-state index contributed by atoms with van der Waals surface area (Å²) in [6.07, 6.45) is 2.80. The summed E-state index contributed by atoms with van der Waals surface area (Å²) in [7, 11) is 0. The van der Waals surface area contributed by atoms with Crippen LogP contribution in [-0.4, -0.2) is 30.4 Å². The Morgan fingerprint density at radius 3 is 2.53 bits per heavy atom. The van der Waals surface area contributed by atoms with Gasteiger partial charge in [0.25, 0.3) is 5.91 Å². The van der Waals surface area contributed by atoms with Crippen molar-refractivity contribution in [3.05, 3.63) is 65.7 Å². The van der Waals surface area contributed by atoms with Gasteiger partial charge in [0.15, 0.2) is 0 Å². The Kier molecular flexibility index (Phi) is 6.12. The molecule has 0 spiro atoms. The van der Waals surface area contributed by atoms with E-state index in [0.717, 1.165) is 48.2 Å². The van der Waals surface area contributed by atoms with E-state index in [1.54, 1.807) is 4.90 Å². The molecule has 1 fully saturated rings. The van der Waals surface area contributed by atoms with Crippen molar-refractivity contribution in [2.75, 3.05) is 11.4 Å². The second-order valence-electron chi connectivity index (χ2n) is 7.70. The summed E-state index contributed by atoms with van der Waals surface area (Å²) in [4.78, 5) is 32.2. The standard InChI is InChI=1S/C24H27N3O3/c1-2-27-20-15-9-8-14-19(20)21(18-12-6-7-13-18)25-22(23(27)28)26-24(29)30-16-17-10-4-3-5-11-17/h3-5,8-11,14-15,18,22H,2,6-7,12-13,16H2,1H3,(H,26,29). The van der Waals surface area contributed by atoms with Gasteiger partial charge in [0.1, 0.15) is 6.61 Å². The normalized spacial score (nSPS) is 19.1. The molecule has 1 aliphatic carbocycles. The molecular weight excluding hydrogens is 378 g/mol. The maximum Gasteiger partial charge on any atom is 0.409 e. The van der Waals surface area contributed by atoms with E-state index in [0.29, 0.717) is 12.5 Å². The molecule has 1 atom stereocenters. The van der Waals surface area contributed by atoms with Crippen molar-refractivity contribution in [2.45, 2.75) is 45.4 Å². The molecule has 0 aromatic heterocycles. The number of anilines is 1. The number of alkyl carbamates (subject to hydrolysis) is 1. The van der Waals surface area contributed by atoms with Gasteiger partial charge in [0, 0.05) is 18.0 Å². The third-order valence-corrected chi connectivity index (χ3v) is 5.76. The van der Waals surface area contributed by atoms with Crippen molar-refractivity contribution < 1.29 is 14.3 Å². The highest BCUT2D eigenvalue weighted by Crippen LogP contribution is 2.34. The van der Waals surface area contributed by atoms with E-state index in [1.165, 1.54) is 0 Å². The highest BCUT2D eigenvalue weighted by Gasteiger charge is 2.35. The number of likely N-dealkylation sites (N-methyl/N-ethyl adjacent to an activating group) is 1. The molecule has 2 amide bonds. The highest BCUT2D eigenvalue weighted by atomic mass is 16.5. The van der Waals surface area contributed by atoms with Crippen LogP contribution in [0.3, 0.4) is 0 Å². The van der Waals surface area contributed by atoms with Crippen LogP contribution in [0.4, 0.5) is 10.5 Å². The van der Waals surface area contributed by atoms with E-state index in [9.17, 15) is 9.59 Å². The minimum atomic E-state index is -0.990. The van der Waals surface area contributed by atoms with E-state index in [-0.39, 0.29) is 12.5 Å². The number of hydrogen-bond acceptors (Lipinski definition) is 4. The van der Waals surface area contributed by atoms with Crippen molar-refractivity contribution >= 4 is 23.4 Å². The molecule has 1 unspecified atom stereocenters. The average Bonchev–Trinajstić information content (AvgIpc) is 3.28. The summed E-state index contributed by atoms with van der Waals surface area (Å²) < 4.78 is 5.34. The van der Waals surface area contributed by atoms with Crippen LogP contribution in [0.25, 0.3) is 0 Å². The number of benzodiazepines with no additional fused rings is 1. The minimum Gasteiger partial charge on any atom is -0.445 e. The predicted octanol–water partition coefficient (Wildman–Crippen LogP) is 4.28. The first-order valence-electron chi connectivity index (χ1n) is 10.6. The van der Waals surface area contributed by atoms with Gasteiger partial charge in [-0.25, -0.2) is 4.79 Å².